The van der Waals surface area contributed by atoms with Crippen molar-refractivity contribution in [2.75, 3.05) is 6.54 Å². The summed E-state index contributed by atoms with van der Waals surface area (Å²) in [6.45, 7) is 2.96. The van der Waals surface area contributed by atoms with E-state index in [1.165, 1.54) is 0 Å². The number of rotatable bonds is 4. The number of halogens is 2. The van der Waals surface area contributed by atoms with Crippen LogP contribution >= 0.6 is 38.7 Å². The molecule has 0 saturated heterocycles. The maximum atomic E-state index is 5.95. The molecule has 2 nitrogen and oxygen atoms in total. The van der Waals surface area contributed by atoms with Gasteiger partial charge in [0.25, 0.3) is 0 Å². The first-order valence-corrected chi connectivity index (χ1v) is 17.2. The van der Waals surface area contributed by atoms with Crippen molar-refractivity contribution in [3.05, 3.63) is 0 Å². The zero-order chi connectivity index (χ0) is 8.15. The van der Waals surface area contributed by atoms with E-state index >= 15 is 0 Å². The summed E-state index contributed by atoms with van der Waals surface area (Å²) in [6.07, 6.45) is 1.07. The van der Waals surface area contributed by atoms with Gasteiger partial charge in [0.15, 0.2) is 0 Å². The molecule has 10 heavy (non-hydrogen) atoms. The van der Waals surface area contributed by atoms with Gasteiger partial charge in [0, 0.05) is 0 Å². The number of nitrogens with two attached hydrogens (primary N) is 2. The van der Waals surface area contributed by atoms with E-state index < -0.39 is 9.95 Å². The van der Waals surface area contributed by atoms with Crippen LogP contribution in [0.4, 0.5) is 0 Å². The van der Waals surface area contributed by atoms with E-state index in [-0.39, 0.29) is 0 Å². The van der Waals surface area contributed by atoms with Crippen LogP contribution in [0.1, 0.15) is 13.3 Å². The molecule has 0 aromatic heterocycles. The summed E-state index contributed by atoms with van der Waals surface area (Å²) >= 11 is 5.00. The fraction of sp³-hybridized carbons (Fsp3) is 1.00. The van der Waals surface area contributed by atoms with Gasteiger partial charge >= 0.3 is 90.4 Å². The van der Waals surface area contributed by atoms with Crippen LogP contribution in [0.5, 0.6) is 0 Å². The van der Waals surface area contributed by atoms with Crippen molar-refractivity contribution in [3.63, 3.8) is 0 Å². The fourth-order valence-corrected chi connectivity index (χ4v) is 8.26. The zero-order valence-electron chi connectivity index (χ0n) is 5.80. The Morgan fingerprint density at radius 2 is 2.00 bits per heavy atom. The van der Waals surface area contributed by atoms with Crippen molar-refractivity contribution in [1.29, 1.82) is 0 Å². The van der Waals surface area contributed by atoms with Gasteiger partial charge in [-0.2, -0.15) is 0 Å². The van der Waals surface area contributed by atoms with Gasteiger partial charge in [-0.05, 0) is 0 Å². The van der Waals surface area contributed by atoms with Crippen molar-refractivity contribution in [2.45, 2.75) is 17.8 Å². The molecule has 0 spiro atoms. The van der Waals surface area contributed by atoms with Crippen LogP contribution in [0.3, 0.4) is 0 Å². The Bertz CT molecular complexity index is 91.7. The summed E-state index contributed by atoms with van der Waals surface area (Å²) < 4.78 is 0.440. The molecule has 0 amide bonds. The second-order valence-electron chi connectivity index (χ2n) is 2.14. The van der Waals surface area contributed by atoms with E-state index in [0.717, 1.165) is 13.0 Å². The quantitative estimate of drug-likeness (QED) is 0.523. The summed E-state index contributed by atoms with van der Waals surface area (Å²) in [4.78, 5) is 0. The van der Waals surface area contributed by atoms with Crippen LogP contribution in [-0.2, 0) is 9.95 Å². The third-order valence-electron chi connectivity index (χ3n) is 1.29. The van der Waals surface area contributed by atoms with E-state index in [1.807, 2.05) is 0 Å². The Balaban J connectivity index is 3.58. The Hall–Kier alpha value is 2.07. The molecule has 2 atom stereocenters. The minimum absolute atomic E-state index is 0.440. The predicted octanol–water partition coefficient (Wildman–Crippen LogP) is 1.57. The first-order chi connectivity index (χ1) is 4.59. The van der Waals surface area contributed by atoms with Gasteiger partial charge in [0.05, 0.1) is 0 Å². The first kappa shape index (κ1) is 12.1. The fourth-order valence-electron chi connectivity index (χ4n) is 0.548. The van der Waals surface area contributed by atoms with Gasteiger partial charge in [-0.3, -0.25) is 0 Å². The minimum atomic E-state index is -0.852. The summed E-state index contributed by atoms with van der Waals surface area (Å²) in [6, 6.07) is 0. The van der Waals surface area contributed by atoms with Crippen LogP contribution < -0.4 is 11.5 Å². The maximum absolute atomic E-state index is 5.95. The van der Waals surface area contributed by atoms with Crippen molar-refractivity contribution in [3.8, 4) is 0 Å². The molecule has 0 aromatic carbocycles. The summed E-state index contributed by atoms with van der Waals surface area (Å²) in [7, 11) is -0.852. The van der Waals surface area contributed by atoms with Gasteiger partial charge in [0.2, 0.25) is 0 Å². The molecule has 0 aliphatic rings. The SMILES string of the molecule is CC(CCN)[CH](N)[Pt]([I])[I]. The Morgan fingerprint density at radius 1 is 1.50 bits per heavy atom. The molecule has 0 aromatic rings. The predicted molar refractivity (Wildman–Crippen MR) is 58.9 cm³/mol. The van der Waals surface area contributed by atoms with Gasteiger partial charge in [-0.25, -0.2) is 0 Å². The average Bonchev–Trinajstić information content (AvgIpc) is 1.87. The third kappa shape index (κ3) is 4.85. The van der Waals surface area contributed by atoms with E-state index in [1.54, 1.807) is 0 Å². The van der Waals surface area contributed by atoms with Crippen molar-refractivity contribution in [2.24, 2.45) is 17.4 Å². The Kier molecular flexibility index (Phi) is 7.93. The monoisotopic (exact) mass is 550 g/mol. The number of hydrogen-bond acceptors (Lipinski definition) is 2. The molecule has 2 unspecified atom stereocenters. The normalized spacial score (nSPS) is 18.3. The van der Waals surface area contributed by atoms with Crippen LogP contribution in [0.2, 0.25) is 0 Å². The second-order valence-corrected chi connectivity index (χ2v) is 27.7. The van der Waals surface area contributed by atoms with Crippen molar-refractivity contribution < 1.29 is 9.95 Å². The molecule has 0 fully saturated rings. The van der Waals surface area contributed by atoms with Gasteiger partial charge < -0.3 is 0 Å². The molecule has 4 N–H and O–H groups in total. The Morgan fingerprint density at radius 3 is 2.30 bits per heavy atom. The molecule has 67 valence electrons. The molecule has 0 saturated carbocycles. The van der Waals surface area contributed by atoms with E-state index in [9.17, 15) is 0 Å². The molecule has 0 aliphatic carbocycles. The van der Waals surface area contributed by atoms with Crippen molar-refractivity contribution >= 4 is 38.7 Å². The third-order valence-corrected chi connectivity index (χ3v) is 11.2. The molecule has 0 aliphatic heterocycles. The summed E-state index contributed by atoms with van der Waals surface area (Å²) in [5, 5.41) is 0. The van der Waals surface area contributed by atoms with Crippen molar-refractivity contribution in [1.82, 2.24) is 0 Å². The molecule has 0 bridgehead atoms. The molecule has 0 radical (unpaired) electrons. The van der Waals surface area contributed by atoms with Crippen LogP contribution in [-0.4, -0.2) is 11.0 Å². The van der Waals surface area contributed by atoms with E-state index in [4.69, 9.17) is 11.5 Å². The summed E-state index contributed by atoms with van der Waals surface area (Å²) in [5.74, 6) is 0.615. The first-order valence-electron chi connectivity index (χ1n) is 2.98. The molecular weight excluding hydrogens is 537 g/mol. The number of hydrogen-bond donors (Lipinski definition) is 2. The van der Waals surface area contributed by atoms with Gasteiger partial charge in [-0.15, -0.1) is 0 Å². The van der Waals surface area contributed by atoms with Gasteiger partial charge in [-0.1, -0.05) is 0 Å². The molecule has 0 rings (SSSR count). The van der Waals surface area contributed by atoms with Crippen LogP contribution in [0.15, 0.2) is 0 Å². The van der Waals surface area contributed by atoms with E-state index in [0.29, 0.717) is 10.3 Å². The van der Waals surface area contributed by atoms with Crippen LogP contribution in [0.25, 0.3) is 0 Å². The van der Waals surface area contributed by atoms with Crippen LogP contribution in [0, 0.1) is 5.92 Å². The second kappa shape index (κ2) is 6.57. The van der Waals surface area contributed by atoms with Gasteiger partial charge in [0.1, 0.15) is 0 Å². The topological polar surface area (TPSA) is 52.0 Å². The summed E-state index contributed by atoms with van der Waals surface area (Å²) in [5.41, 5.74) is 11.4. The average molecular weight is 550 g/mol. The molecule has 5 heteroatoms. The molecular formula is C5H13I2N2Pt. The van der Waals surface area contributed by atoms with E-state index in [2.05, 4.69) is 45.6 Å². The zero-order valence-corrected chi connectivity index (χ0v) is 12.4. The molecule has 0 heterocycles. The standard InChI is InChI=1S/C5H13N2.2HI.Pt/c1-5(4-7)2-3-6;;;/h4-5H,2-3,6-7H2,1H3;2*1H;/q;;;+2/p-2. The Labute approximate surface area is 89.1 Å².